The topological polar surface area (TPSA) is 55.4 Å². The first kappa shape index (κ1) is 14.2. The number of rotatable bonds is 5. The zero-order valence-electron chi connectivity index (χ0n) is 9.59. The second-order valence-electron chi connectivity index (χ2n) is 3.96. The summed E-state index contributed by atoms with van der Waals surface area (Å²) >= 11 is 5.64. The van der Waals surface area contributed by atoms with Crippen LogP contribution in [0, 0.1) is 5.41 Å². The van der Waals surface area contributed by atoms with Crippen molar-refractivity contribution in [2.24, 2.45) is 5.41 Å². The molecule has 15 heavy (non-hydrogen) atoms. The summed E-state index contributed by atoms with van der Waals surface area (Å²) in [7, 11) is 0. The van der Waals surface area contributed by atoms with Gasteiger partial charge in [0.25, 0.3) is 0 Å². The van der Waals surface area contributed by atoms with Crippen LogP contribution in [0.2, 0.25) is 0 Å². The molecule has 4 nitrogen and oxygen atoms in total. The highest BCUT2D eigenvalue weighted by atomic mass is 35.5. The summed E-state index contributed by atoms with van der Waals surface area (Å²) in [6.45, 7) is 7.04. The Labute approximate surface area is 95.3 Å². The molecule has 0 aliphatic heterocycles. The number of carbonyl (C=O) groups excluding carboxylic acids is 2. The number of alkyl halides is 1. The lowest BCUT2D eigenvalue weighted by Crippen LogP contribution is -2.46. The first-order chi connectivity index (χ1) is 6.85. The maximum Gasteiger partial charge on any atom is 0.328 e. The summed E-state index contributed by atoms with van der Waals surface area (Å²) in [4.78, 5) is 22.8. The van der Waals surface area contributed by atoms with E-state index < -0.39 is 17.4 Å². The lowest BCUT2D eigenvalue weighted by molar-refractivity contribution is -0.147. The molecule has 0 spiro atoms. The van der Waals surface area contributed by atoms with E-state index in [4.69, 9.17) is 16.3 Å². The normalized spacial score (nSPS) is 13.1. The van der Waals surface area contributed by atoms with E-state index in [9.17, 15) is 9.59 Å². The Morgan fingerprint density at radius 1 is 1.47 bits per heavy atom. The molecule has 0 saturated heterocycles. The van der Waals surface area contributed by atoms with Gasteiger partial charge in [-0.2, -0.15) is 0 Å². The van der Waals surface area contributed by atoms with Crippen molar-refractivity contribution in [3.8, 4) is 0 Å². The molecule has 1 amide bonds. The standard InChI is InChI=1S/C10H18ClNO3/c1-5-15-8(13)7(2)12-9(14)10(3,4)6-11/h7H,5-6H2,1-4H3,(H,12,14). The molecule has 0 bridgehead atoms. The van der Waals surface area contributed by atoms with E-state index in [1.807, 2.05) is 0 Å². The molecule has 0 aromatic rings. The average Bonchev–Trinajstić information content (AvgIpc) is 2.17. The summed E-state index contributed by atoms with van der Waals surface area (Å²) < 4.78 is 4.76. The molecule has 88 valence electrons. The third-order valence-corrected chi connectivity index (χ3v) is 2.60. The molecule has 0 saturated carbocycles. The maximum absolute atomic E-state index is 11.6. The van der Waals surface area contributed by atoms with Gasteiger partial charge in [-0.3, -0.25) is 4.79 Å². The Bertz CT molecular complexity index is 241. The van der Waals surface area contributed by atoms with Gasteiger partial charge < -0.3 is 10.1 Å². The second kappa shape index (κ2) is 5.95. The monoisotopic (exact) mass is 235 g/mol. The fraction of sp³-hybridized carbons (Fsp3) is 0.800. The van der Waals surface area contributed by atoms with Crippen molar-refractivity contribution in [3.63, 3.8) is 0 Å². The van der Waals surface area contributed by atoms with E-state index in [0.717, 1.165) is 0 Å². The van der Waals surface area contributed by atoms with Crippen LogP contribution in [0.15, 0.2) is 0 Å². The minimum absolute atomic E-state index is 0.203. The lowest BCUT2D eigenvalue weighted by atomic mass is 9.95. The van der Waals surface area contributed by atoms with E-state index in [1.54, 1.807) is 27.7 Å². The Morgan fingerprint density at radius 2 is 2.00 bits per heavy atom. The van der Waals surface area contributed by atoms with Gasteiger partial charge in [0.2, 0.25) is 5.91 Å². The third kappa shape index (κ3) is 4.51. The molecule has 5 heteroatoms. The highest BCUT2D eigenvalue weighted by Gasteiger charge is 2.29. The largest absolute Gasteiger partial charge is 0.464 e. The predicted octanol–water partition coefficient (Wildman–Crippen LogP) is 1.32. The Balaban J connectivity index is 4.24. The van der Waals surface area contributed by atoms with Crippen LogP contribution in [0.3, 0.4) is 0 Å². The summed E-state index contributed by atoms with van der Waals surface area (Å²) in [5, 5.41) is 2.56. The SMILES string of the molecule is CCOC(=O)C(C)NC(=O)C(C)(C)CCl. The molecule has 0 rings (SSSR count). The Kier molecular flexibility index (Phi) is 5.65. The molecule has 0 radical (unpaired) electrons. The van der Waals surface area contributed by atoms with E-state index in [-0.39, 0.29) is 11.8 Å². The van der Waals surface area contributed by atoms with Gasteiger partial charge in [0.05, 0.1) is 12.0 Å². The zero-order valence-corrected chi connectivity index (χ0v) is 10.4. The van der Waals surface area contributed by atoms with Crippen molar-refractivity contribution in [1.29, 1.82) is 0 Å². The number of halogens is 1. The Morgan fingerprint density at radius 3 is 2.40 bits per heavy atom. The maximum atomic E-state index is 11.6. The van der Waals surface area contributed by atoms with Crippen LogP contribution >= 0.6 is 11.6 Å². The molecule has 0 aliphatic rings. The highest BCUT2D eigenvalue weighted by Crippen LogP contribution is 2.17. The van der Waals surface area contributed by atoms with Crippen LogP contribution in [0.25, 0.3) is 0 Å². The van der Waals surface area contributed by atoms with Crippen LogP contribution in [-0.4, -0.2) is 30.4 Å². The third-order valence-electron chi connectivity index (χ3n) is 1.94. The van der Waals surface area contributed by atoms with E-state index in [2.05, 4.69) is 5.32 Å². The smallest absolute Gasteiger partial charge is 0.328 e. The second-order valence-corrected chi connectivity index (χ2v) is 4.23. The highest BCUT2D eigenvalue weighted by molar-refractivity contribution is 6.19. The number of nitrogens with one attached hydrogen (secondary N) is 1. The quantitative estimate of drug-likeness (QED) is 0.578. The van der Waals surface area contributed by atoms with Gasteiger partial charge in [-0.25, -0.2) is 4.79 Å². The number of carbonyl (C=O) groups is 2. The average molecular weight is 236 g/mol. The summed E-state index contributed by atoms with van der Waals surface area (Å²) in [6, 6.07) is -0.639. The van der Waals surface area contributed by atoms with Gasteiger partial charge in [-0.05, 0) is 27.7 Å². The summed E-state index contributed by atoms with van der Waals surface area (Å²) in [6.07, 6.45) is 0. The van der Waals surface area contributed by atoms with E-state index >= 15 is 0 Å². The number of ether oxygens (including phenoxy) is 1. The van der Waals surface area contributed by atoms with Crippen molar-refractivity contribution < 1.29 is 14.3 Å². The van der Waals surface area contributed by atoms with Gasteiger partial charge in [0.1, 0.15) is 6.04 Å². The summed E-state index contributed by atoms with van der Waals surface area (Å²) in [5.41, 5.74) is -0.678. The van der Waals surface area contributed by atoms with Gasteiger partial charge in [-0.1, -0.05) is 0 Å². The van der Waals surface area contributed by atoms with Crippen molar-refractivity contribution in [1.82, 2.24) is 5.32 Å². The van der Waals surface area contributed by atoms with Crippen LogP contribution in [0.4, 0.5) is 0 Å². The van der Waals surface area contributed by atoms with Gasteiger partial charge in [-0.15, -0.1) is 11.6 Å². The first-order valence-corrected chi connectivity index (χ1v) is 5.42. The van der Waals surface area contributed by atoms with Crippen LogP contribution in [-0.2, 0) is 14.3 Å². The Hall–Kier alpha value is -0.770. The van der Waals surface area contributed by atoms with E-state index in [0.29, 0.717) is 6.61 Å². The van der Waals surface area contributed by atoms with Gasteiger partial charge in [0.15, 0.2) is 0 Å². The number of hydrogen-bond acceptors (Lipinski definition) is 3. The minimum Gasteiger partial charge on any atom is -0.464 e. The summed E-state index contributed by atoms with van der Waals surface area (Å²) in [5.74, 6) is -0.483. The van der Waals surface area contributed by atoms with Gasteiger partial charge >= 0.3 is 5.97 Å². The van der Waals surface area contributed by atoms with E-state index in [1.165, 1.54) is 0 Å². The lowest BCUT2D eigenvalue weighted by Gasteiger charge is -2.22. The fourth-order valence-corrected chi connectivity index (χ4v) is 0.900. The predicted molar refractivity (Wildman–Crippen MR) is 58.7 cm³/mol. The molecule has 1 unspecified atom stereocenters. The van der Waals surface area contributed by atoms with Crippen LogP contribution in [0.1, 0.15) is 27.7 Å². The number of esters is 1. The number of hydrogen-bond donors (Lipinski definition) is 1. The molecule has 0 heterocycles. The van der Waals surface area contributed by atoms with Crippen LogP contribution < -0.4 is 5.32 Å². The fourth-order valence-electron chi connectivity index (χ4n) is 0.779. The zero-order chi connectivity index (χ0) is 12.1. The molecule has 1 N–H and O–H groups in total. The van der Waals surface area contributed by atoms with Crippen molar-refractivity contribution in [2.75, 3.05) is 12.5 Å². The molecule has 0 aromatic heterocycles. The molecule has 0 aliphatic carbocycles. The van der Waals surface area contributed by atoms with Crippen molar-refractivity contribution in [2.45, 2.75) is 33.7 Å². The van der Waals surface area contributed by atoms with Gasteiger partial charge in [0, 0.05) is 5.88 Å². The molecule has 0 aromatic carbocycles. The minimum atomic E-state index is -0.678. The first-order valence-electron chi connectivity index (χ1n) is 4.88. The molecular weight excluding hydrogens is 218 g/mol. The molecule has 1 atom stereocenters. The number of amides is 1. The molecular formula is C10H18ClNO3. The van der Waals surface area contributed by atoms with Crippen molar-refractivity contribution >= 4 is 23.5 Å². The van der Waals surface area contributed by atoms with Crippen molar-refractivity contribution in [3.05, 3.63) is 0 Å². The van der Waals surface area contributed by atoms with Crippen LogP contribution in [0.5, 0.6) is 0 Å². The molecule has 0 fully saturated rings.